The van der Waals surface area contributed by atoms with Gasteiger partial charge in [0.15, 0.2) is 0 Å². The number of methoxy groups -OCH3 is 2. The summed E-state index contributed by atoms with van der Waals surface area (Å²) in [6.07, 6.45) is 3.23. The van der Waals surface area contributed by atoms with Crippen LogP contribution in [0.5, 0.6) is 0 Å². The molecule has 0 spiro atoms. The molecule has 2 aliphatic carbocycles. The molecule has 4 aliphatic rings. The Morgan fingerprint density at radius 3 is 0.934 bits per heavy atom. The molecule has 16 heteroatoms. The second-order valence-corrected chi connectivity index (χ2v) is 25.1. The molecule has 2 aliphatic heterocycles. The van der Waals surface area contributed by atoms with Crippen LogP contribution >= 0.6 is 0 Å². The second kappa shape index (κ2) is 24.8. The maximum Gasteiger partial charge on any atom is 0.253 e. The van der Waals surface area contributed by atoms with E-state index in [0.717, 1.165) is 66.6 Å². The molecule has 0 aromatic heterocycles. The highest BCUT2D eigenvalue weighted by Gasteiger charge is 2.52. The first-order valence-electron chi connectivity index (χ1n) is 26.8. The van der Waals surface area contributed by atoms with Gasteiger partial charge in [0.1, 0.15) is 24.4 Å². The molecule has 6 amide bonds. The van der Waals surface area contributed by atoms with Gasteiger partial charge >= 0.3 is 0 Å². The number of rotatable bonds is 14. The van der Waals surface area contributed by atoms with Gasteiger partial charge in [-0.3, -0.25) is 28.8 Å². The molecule has 7 rings (SSSR count). The van der Waals surface area contributed by atoms with Crippen LogP contribution in [-0.2, 0) is 64.0 Å². The second-order valence-electron chi connectivity index (χ2n) is 25.1. The fraction of sp³-hybridized carbons (Fsp3) is 0.600. The average Bonchev–Trinajstić information content (AvgIpc) is 3.82. The van der Waals surface area contributed by atoms with Crippen LogP contribution in [0.4, 0.5) is 34.1 Å². The van der Waals surface area contributed by atoms with Crippen LogP contribution in [0.15, 0.2) is 54.6 Å². The van der Waals surface area contributed by atoms with E-state index < -0.39 is 24.4 Å². The highest BCUT2D eigenvalue weighted by Crippen LogP contribution is 2.53. The lowest BCUT2D eigenvalue weighted by Crippen LogP contribution is -2.30. The number of hydrogen-bond acceptors (Lipinski definition) is 10. The van der Waals surface area contributed by atoms with Gasteiger partial charge in [-0.05, 0) is 116 Å². The van der Waals surface area contributed by atoms with E-state index in [2.05, 4.69) is 101 Å². The predicted octanol–water partition coefficient (Wildman–Crippen LogP) is 11.1. The van der Waals surface area contributed by atoms with E-state index in [9.17, 15) is 28.8 Å². The molecule has 6 atom stereocenters. The van der Waals surface area contributed by atoms with Crippen molar-refractivity contribution in [2.45, 2.75) is 183 Å². The number of hydrogen-bond donors (Lipinski definition) is 6. The van der Waals surface area contributed by atoms with Gasteiger partial charge in [0, 0.05) is 90.1 Å². The number of ether oxygens (including phenoxy) is 4. The summed E-state index contributed by atoms with van der Waals surface area (Å²) in [5.74, 6) is -0.444. The van der Waals surface area contributed by atoms with Crippen LogP contribution in [0.3, 0.4) is 0 Å². The fourth-order valence-corrected chi connectivity index (χ4v) is 9.65. The number of benzene rings is 3. The zero-order valence-corrected chi connectivity index (χ0v) is 48.4. The third-order valence-electron chi connectivity index (χ3n) is 14.5. The Morgan fingerprint density at radius 2 is 0.724 bits per heavy atom. The summed E-state index contributed by atoms with van der Waals surface area (Å²) in [6, 6.07) is 16.8. The lowest BCUT2D eigenvalue weighted by atomic mass is 9.84. The van der Waals surface area contributed by atoms with Crippen molar-refractivity contribution in [1.82, 2.24) is 0 Å². The van der Waals surface area contributed by atoms with Gasteiger partial charge in [-0.25, -0.2) is 0 Å². The number of carbonyl (C=O) groups excluding carboxylic acids is 6. The van der Waals surface area contributed by atoms with E-state index in [1.165, 1.54) is 14.2 Å². The molecule has 0 unspecified atom stereocenters. The minimum Gasteiger partial charge on any atom is -0.372 e. The summed E-state index contributed by atoms with van der Waals surface area (Å²) < 4.78 is 21.1. The zero-order chi connectivity index (χ0) is 56.7. The SMILES string of the molecule is CC(C)(C)c1c(NC(=O)[C@@H]2CCCO2)cccc1NC(=O)[C@@H]1CCCO1.CC(C)(C)c1c(NC(=O)[C@H]2CC2(C)C)cccc1NC(=O)[C@H]1CC1(C)C.CO[C@@H](C)C(=O)Nc1cccc(NC(=O)[C@H](C)OC)c1C(C)(C)C. The van der Waals surface area contributed by atoms with Gasteiger partial charge < -0.3 is 50.8 Å². The van der Waals surface area contributed by atoms with Crippen molar-refractivity contribution >= 4 is 69.6 Å². The van der Waals surface area contributed by atoms with E-state index in [0.29, 0.717) is 36.0 Å². The molecule has 2 saturated carbocycles. The van der Waals surface area contributed by atoms with Crippen LogP contribution in [0.25, 0.3) is 0 Å². The summed E-state index contributed by atoms with van der Waals surface area (Å²) in [4.78, 5) is 74.5. The first-order chi connectivity index (χ1) is 35.3. The van der Waals surface area contributed by atoms with Gasteiger partial charge in [-0.2, -0.15) is 0 Å². The highest BCUT2D eigenvalue weighted by molar-refractivity contribution is 6.02. The number of amides is 6. The van der Waals surface area contributed by atoms with Crippen molar-refractivity contribution < 1.29 is 47.7 Å². The maximum atomic E-state index is 12.6. The number of nitrogens with one attached hydrogen (secondary N) is 6. The van der Waals surface area contributed by atoms with E-state index in [1.807, 2.05) is 69.3 Å². The Balaban J connectivity index is 0.000000211. The van der Waals surface area contributed by atoms with Crippen molar-refractivity contribution in [3.05, 3.63) is 71.3 Å². The molecule has 16 nitrogen and oxygen atoms in total. The Morgan fingerprint density at radius 1 is 0.474 bits per heavy atom. The smallest absolute Gasteiger partial charge is 0.253 e. The van der Waals surface area contributed by atoms with Gasteiger partial charge in [0.2, 0.25) is 11.8 Å². The van der Waals surface area contributed by atoms with Crippen molar-refractivity contribution in [3.8, 4) is 0 Å². The lowest BCUT2D eigenvalue weighted by Gasteiger charge is -2.27. The first-order valence-corrected chi connectivity index (χ1v) is 26.8. The van der Waals surface area contributed by atoms with Crippen molar-refractivity contribution in [2.75, 3.05) is 59.3 Å². The third kappa shape index (κ3) is 16.2. The zero-order valence-electron chi connectivity index (χ0n) is 48.4. The summed E-state index contributed by atoms with van der Waals surface area (Å²) in [5.41, 5.74) is 6.49. The predicted molar refractivity (Wildman–Crippen MR) is 302 cm³/mol. The minimum atomic E-state index is -0.565. The van der Waals surface area contributed by atoms with Crippen LogP contribution in [0.2, 0.25) is 0 Å². The summed E-state index contributed by atoms with van der Waals surface area (Å²) >= 11 is 0. The van der Waals surface area contributed by atoms with Gasteiger partial charge in [-0.15, -0.1) is 0 Å². The molecule has 0 radical (unpaired) electrons. The van der Waals surface area contributed by atoms with Gasteiger partial charge in [0.05, 0.1) is 0 Å². The summed E-state index contributed by atoms with van der Waals surface area (Å²) in [6.45, 7) is 31.7. The van der Waals surface area contributed by atoms with Crippen LogP contribution < -0.4 is 31.9 Å². The van der Waals surface area contributed by atoms with Crippen LogP contribution in [-0.4, -0.2) is 87.3 Å². The standard InChI is InChI=1S/C22H32N2O2.C20H28N2O4.C18H28N2O4/c1-20(2,3)17-15(23-18(25)13-11-21(13,4)5)9-8-10-16(17)24-19(26)14-12-22(14,6)7;1-20(2,3)17-13(21-18(23)15-9-5-11-25-15)7-4-8-14(17)22-19(24)16-10-6-12-26-16;1-11(23-6)16(21)19-13-9-8-10-14(15(13)18(3,4)5)20-17(22)12(2)24-7/h8-10,13-14H,11-12H2,1-7H3,(H,23,25)(H,24,26);4,7-8,15-16H,5-6,9-12H2,1-3H3,(H,21,23)(H,22,24);8-12H,1-7H3,(H,19,21)(H,20,22)/t13-,14-;15-,16-;11-,12-/m100/s1. The van der Waals surface area contributed by atoms with E-state index in [-0.39, 0.29) is 74.4 Å². The molecular weight excluding hydrogens is 965 g/mol. The number of anilines is 6. The Hall–Kier alpha value is -5.68. The largest absolute Gasteiger partial charge is 0.372 e. The topological polar surface area (TPSA) is 212 Å². The molecule has 418 valence electrons. The molecule has 4 fully saturated rings. The van der Waals surface area contributed by atoms with E-state index >= 15 is 0 Å². The third-order valence-corrected chi connectivity index (χ3v) is 14.5. The minimum absolute atomic E-state index is 0.0702. The van der Waals surface area contributed by atoms with E-state index in [1.54, 1.807) is 19.9 Å². The molecule has 2 saturated heterocycles. The molecule has 76 heavy (non-hydrogen) atoms. The average molecular weight is 1050 g/mol. The lowest BCUT2D eigenvalue weighted by molar-refractivity contribution is -0.125. The van der Waals surface area contributed by atoms with E-state index in [4.69, 9.17) is 18.9 Å². The first kappa shape index (κ1) is 61.2. The van der Waals surface area contributed by atoms with Crippen LogP contribution in [0, 0.1) is 22.7 Å². The monoisotopic (exact) mass is 1050 g/mol. The van der Waals surface area contributed by atoms with Gasteiger partial charge in [-0.1, -0.05) is 108 Å². The van der Waals surface area contributed by atoms with Crippen molar-refractivity contribution in [3.63, 3.8) is 0 Å². The summed E-state index contributed by atoms with van der Waals surface area (Å²) in [5, 5.41) is 18.0. The van der Waals surface area contributed by atoms with Gasteiger partial charge in [0.25, 0.3) is 23.6 Å². The maximum absolute atomic E-state index is 12.6. The normalized spacial score (nSPS) is 21.0. The Kier molecular flexibility index (Phi) is 19.9. The highest BCUT2D eigenvalue weighted by atomic mass is 16.5. The molecule has 6 N–H and O–H groups in total. The quantitative estimate of drug-likeness (QED) is 0.0899. The number of carbonyl (C=O) groups is 6. The van der Waals surface area contributed by atoms with Crippen molar-refractivity contribution in [1.29, 1.82) is 0 Å². The summed E-state index contributed by atoms with van der Waals surface area (Å²) in [7, 11) is 2.97. The fourth-order valence-electron chi connectivity index (χ4n) is 9.65. The molecule has 0 bridgehead atoms. The van der Waals surface area contributed by atoms with Crippen LogP contribution in [0.1, 0.15) is 159 Å². The Labute approximate surface area is 452 Å². The molecule has 3 aromatic rings. The van der Waals surface area contributed by atoms with Crippen molar-refractivity contribution in [2.24, 2.45) is 22.7 Å². The molecular formula is C60H88N6O10. The Bertz CT molecular complexity index is 2340. The molecule has 3 aromatic carbocycles. The molecule has 2 heterocycles.